The van der Waals surface area contributed by atoms with E-state index in [4.69, 9.17) is 10.00 Å². The van der Waals surface area contributed by atoms with E-state index >= 15 is 0 Å². The molecule has 0 amide bonds. The highest BCUT2D eigenvalue weighted by atomic mass is 16.5. The first-order chi connectivity index (χ1) is 7.38. The molecule has 0 saturated heterocycles. The van der Waals surface area contributed by atoms with Crippen molar-refractivity contribution >= 4 is 0 Å². The van der Waals surface area contributed by atoms with Gasteiger partial charge in [0, 0.05) is 13.5 Å². The van der Waals surface area contributed by atoms with Crippen molar-refractivity contribution in [1.82, 2.24) is 0 Å². The summed E-state index contributed by atoms with van der Waals surface area (Å²) >= 11 is 0. The van der Waals surface area contributed by atoms with Crippen molar-refractivity contribution in [2.75, 3.05) is 7.11 Å². The van der Waals surface area contributed by atoms with Crippen molar-refractivity contribution in [3.63, 3.8) is 0 Å². The number of hydrogen-bond donors (Lipinski definition) is 0. The zero-order valence-electron chi connectivity index (χ0n) is 9.15. The molecular weight excluding hydrogens is 186 g/mol. The Balaban J connectivity index is 2.40. The van der Waals surface area contributed by atoms with Crippen molar-refractivity contribution in [2.45, 2.75) is 31.8 Å². The fraction of sp³-hybridized carbons (Fsp3) is 0.462. The first-order valence-electron chi connectivity index (χ1n) is 5.33. The second kappa shape index (κ2) is 7.03. The van der Waals surface area contributed by atoms with E-state index in [1.807, 2.05) is 18.2 Å². The van der Waals surface area contributed by atoms with Crippen LogP contribution in [0.4, 0.5) is 0 Å². The van der Waals surface area contributed by atoms with Gasteiger partial charge in [-0.1, -0.05) is 30.3 Å². The largest absolute Gasteiger partial charge is 0.377 e. The predicted octanol–water partition coefficient (Wildman–Crippen LogP) is 3.46. The van der Waals surface area contributed by atoms with E-state index in [1.165, 1.54) is 5.56 Å². The summed E-state index contributed by atoms with van der Waals surface area (Å²) in [6, 6.07) is 12.4. The first-order valence-corrected chi connectivity index (χ1v) is 5.33. The van der Waals surface area contributed by atoms with Crippen molar-refractivity contribution in [3.05, 3.63) is 35.9 Å². The minimum Gasteiger partial charge on any atom is -0.377 e. The van der Waals surface area contributed by atoms with E-state index in [1.54, 1.807) is 7.11 Å². The summed E-state index contributed by atoms with van der Waals surface area (Å²) in [5.41, 5.74) is 1.22. The topological polar surface area (TPSA) is 33.0 Å². The number of rotatable bonds is 6. The summed E-state index contributed by atoms with van der Waals surface area (Å²) in [4.78, 5) is 0. The quantitative estimate of drug-likeness (QED) is 0.663. The lowest BCUT2D eigenvalue weighted by Gasteiger charge is -2.14. The number of unbranched alkanes of at least 4 members (excludes halogenated alkanes) is 2. The average Bonchev–Trinajstić information content (AvgIpc) is 2.30. The van der Waals surface area contributed by atoms with E-state index in [9.17, 15) is 0 Å². The van der Waals surface area contributed by atoms with Crippen molar-refractivity contribution in [3.8, 4) is 6.07 Å². The van der Waals surface area contributed by atoms with Crippen molar-refractivity contribution < 1.29 is 4.74 Å². The fourth-order valence-corrected chi connectivity index (χ4v) is 1.62. The standard InChI is InChI=1S/C13H17NO/c1-15-13(10-6-3-7-11-14)12-8-4-2-5-9-12/h2,4-5,8-9,13H,3,6-7,10H2,1H3. The number of hydrogen-bond acceptors (Lipinski definition) is 2. The summed E-state index contributed by atoms with van der Waals surface area (Å²) in [5, 5.41) is 8.42. The summed E-state index contributed by atoms with van der Waals surface area (Å²) in [6.07, 6.45) is 3.81. The van der Waals surface area contributed by atoms with Crippen LogP contribution in [0.2, 0.25) is 0 Å². The first kappa shape index (κ1) is 11.7. The molecule has 0 aliphatic rings. The predicted molar refractivity (Wildman–Crippen MR) is 60.3 cm³/mol. The van der Waals surface area contributed by atoms with Crippen LogP contribution in [0.15, 0.2) is 30.3 Å². The normalized spacial score (nSPS) is 12.0. The van der Waals surface area contributed by atoms with Crippen LogP contribution in [0.25, 0.3) is 0 Å². The van der Waals surface area contributed by atoms with Crippen LogP contribution >= 0.6 is 0 Å². The number of methoxy groups -OCH3 is 1. The van der Waals surface area contributed by atoms with Gasteiger partial charge in [-0.05, 0) is 24.8 Å². The van der Waals surface area contributed by atoms with E-state index in [0.29, 0.717) is 6.42 Å². The molecule has 0 saturated carbocycles. The van der Waals surface area contributed by atoms with Gasteiger partial charge in [-0.15, -0.1) is 0 Å². The minimum atomic E-state index is 0.171. The average molecular weight is 203 g/mol. The van der Waals surface area contributed by atoms with Gasteiger partial charge in [0.25, 0.3) is 0 Å². The van der Waals surface area contributed by atoms with Gasteiger partial charge in [0.05, 0.1) is 12.2 Å². The van der Waals surface area contributed by atoms with Crippen LogP contribution in [0.5, 0.6) is 0 Å². The highest BCUT2D eigenvalue weighted by Crippen LogP contribution is 2.22. The minimum absolute atomic E-state index is 0.171. The lowest BCUT2D eigenvalue weighted by Crippen LogP contribution is -2.01. The summed E-state index contributed by atoms with van der Waals surface area (Å²) in [7, 11) is 1.74. The van der Waals surface area contributed by atoms with Crippen molar-refractivity contribution in [2.24, 2.45) is 0 Å². The second-order valence-corrected chi connectivity index (χ2v) is 3.54. The molecule has 1 aromatic carbocycles. The van der Waals surface area contributed by atoms with Gasteiger partial charge in [0.15, 0.2) is 0 Å². The third-order valence-corrected chi connectivity index (χ3v) is 2.46. The van der Waals surface area contributed by atoms with E-state index in [2.05, 4.69) is 18.2 Å². The molecule has 0 fully saturated rings. The monoisotopic (exact) mass is 203 g/mol. The number of benzene rings is 1. The van der Waals surface area contributed by atoms with Gasteiger partial charge in [-0.25, -0.2) is 0 Å². The van der Waals surface area contributed by atoms with E-state index < -0.39 is 0 Å². The van der Waals surface area contributed by atoms with Crippen LogP contribution < -0.4 is 0 Å². The van der Waals surface area contributed by atoms with Crippen LogP contribution in [0.1, 0.15) is 37.4 Å². The van der Waals surface area contributed by atoms with Gasteiger partial charge in [0.2, 0.25) is 0 Å². The fourth-order valence-electron chi connectivity index (χ4n) is 1.62. The highest BCUT2D eigenvalue weighted by Gasteiger charge is 2.08. The molecule has 1 aromatic rings. The Hall–Kier alpha value is -1.33. The molecule has 1 rings (SSSR count). The Morgan fingerprint density at radius 1 is 1.27 bits per heavy atom. The van der Waals surface area contributed by atoms with Crippen LogP contribution in [0, 0.1) is 11.3 Å². The third kappa shape index (κ3) is 4.14. The molecule has 1 unspecified atom stereocenters. The molecular formula is C13H17NO. The van der Waals surface area contributed by atoms with Gasteiger partial charge >= 0.3 is 0 Å². The Bertz CT molecular complexity index is 302. The molecule has 80 valence electrons. The Labute approximate surface area is 91.5 Å². The second-order valence-electron chi connectivity index (χ2n) is 3.54. The van der Waals surface area contributed by atoms with Gasteiger partial charge < -0.3 is 4.74 Å². The lowest BCUT2D eigenvalue weighted by molar-refractivity contribution is 0.0934. The summed E-state index contributed by atoms with van der Waals surface area (Å²) in [5.74, 6) is 0. The van der Waals surface area contributed by atoms with Crippen LogP contribution in [0.3, 0.4) is 0 Å². The van der Waals surface area contributed by atoms with Gasteiger partial charge in [-0.2, -0.15) is 5.26 Å². The third-order valence-electron chi connectivity index (χ3n) is 2.46. The maximum atomic E-state index is 8.42. The van der Waals surface area contributed by atoms with Crippen LogP contribution in [-0.2, 0) is 4.74 Å². The molecule has 0 aromatic heterocycles. The SMILES string of the molecule is COC(CCCCC#N)c1ccccc1. The highest BCUT2D eigenvalue weighted by molar-refractivity contribution is 5.17. The smallest absolute Gasteiger partial charge is 0.0821 e. The summed E-state index contributed by atoms with van der Waals surface area (Å²) in [6.45, 7) is 0. The number of nitriles is 1. The van der Waals surface area contributed by atoms with Crippen molar-refractivity contribution in [1.29, 1.82) is 5.26 Å². The zero-order chi connectivity index (χ0) is 10.9. The molecule has 0 radical (unpaired) electrons. The Morgan fingerprint density at radius 2 is 2.00 bits per heavy atom. The van der Waals surface area contributed by atoms with Gasteiger partial charge in [0.1, 0.15) is 0 Å². The molecule has 15 heavy (non-hydrogen) atoms. The Morgan fingerprint density at radius 3 is 2.60 bits per heavy atom. The lowest BCUT2D eigenvalue weighted by atomic mass is 10.0. The number of nitrogens with zero attached hydrogens (tertiary/aromatic N) is 1. The maximum Gasteiger partial charge on any atom is 0.0821 e. The molecule has 0 spiro atoms. The Kier molecular flexibility index (Phi) is 5.50. The van der Waals surface area contributed by atoms with E-state index in [-0.39, 0.29) is 6.10 Å². The molecule has 0 N–H and O–H groups in total. The maximum absolute atomic E-state index is 8.42. The van der Waals surface area contributed by atoms with Gasteiger partial charge in [-0.3, -0.25) is 0 Å². The molecule has 1 atom stereocenters. The van der Waals surface area contributed by atoms with E-state index in [0.717, 1.165) is 19.3 Å². The van der Waals surface area contributed by atoms with Crippen LogP contribution in [-0.4, -0.2) is 7.11 Å². The molecule has 0 bridgehead atoms. The molecule has 2 nitrogen and oxygen atoms in total. The zero-order valence-corrected chi connectivity index (χ0v) is 9.15. The molecule has 0 heterocycles. The molecule has 0 aliphatic heterocycles. The number of ether oxygens (including phenoxy) is 1. The molecule has 0 aliphatic carbocycles. The summed E-state index contributed by atoms with van der Waals surface area (Å²) < 4.78 is 5.43. The molecule has 2 heteroatoms.